The summed E-state index contributed by atoms with van der Waals surface area (Å²) in [6, 6.07) is 7.43. The SMILES string of the molecule is CC[C@@H]1C[C@H](OC(=O)c2c(-c3c(Cl)cccc3Cl)noc2C(C)(C)C)CCN1c1nc2c(F)cc(C(=O)O)cc2s1. The summed E-state index contributed by atoms with van der Waals surface area (Å²) in [5, 5.41) is 14.7. The third-order valence-electron chi connectivity index (χ3n) is 7.12. The van der Waals surface area contributed by atoms with Crippen LogP contribution >= 0.6 is 34.5 Å². The number of thiazole rings is 1. The van der Waals surface area contributed by atoms with Gasteiger partial charge in [-0.25, -0.2) is 19.0 Å². The molecular formula is C29H28Cl2FN3O5S. The summed E-state index contributed by atoms with van der Waals surface area (Å²) >= 11 is 14.1. The third-order valence-corrected chi connectivity index (χ3v) is 8.79. The van der Waals surface area contributed by atoms with E-state index in [0.29, 0.717) is 50.6 Å². The van der Waals surface area contributed by atoms with Crippen molar-refractivity contribution in [1.29, 1.82) is 0 Å². The fraction of sp³-hybridized carbons (Fsp3) is 0.379. The molecule has 2 aromatic heterocycles. The molecule has 8 nitrogen and oxygen atoms in total. The van der Waals surface area contributed by atoms with Crippen LogP contribution in [0, 0.1) is 5.82 Å². The van der Waals surface area contributed by atoms with Crippen LogP contribution in [0.2, 0.25) is 10.0 Å². The number of aromatic carboxylic acids is 1. The van der Waals surface area contributed by atoms with Crippen LogP contribution in [0.1, 0.15) is 73.4 Å². The normalized spacial score (nSPS) is 17.7. The average molecular weight is 621 g/mol. The lowest BCUT2D eigenvalue weighted by Crippen LogP contribution is -2.45. The highest BCUT2D eigenvalue weighted by molar-refractivity contribution is 7.22. The van der Waals surface area contributed by atoms with Gasteiger partial charge in [0.2, 0.25) is 0 Å². The van der Waals surface area contributed by atoms with Gasteiger partial charge in [0.25, 0.3) is 0 Å². The first kappa shape index (κ1) is 29.3. The average Bonchev–Trinajstić information content (AvgIpc) is 3.54. The molecule has 0 amide bonds. The largest absolute Gasteiger partial charge is 0.478 e. The minimum atomic E-state index is -1.20. The number of hydrogen-bond acceptors (Lipinski definition) is 8. The number of ether oxygens (including phenoxy) is 1. The first-order chi connectivity index (χ1) is 19.4. The first-order valence-corrected chi connectivity index (χ1v) is 14.7. The molecule has 12 heteroatoms. The number of carbonyl (C=O) groups excluding carboxylic acids is 1. The van der Waals surface area contributed by atoms with Crippen LogP contribution in [0.25, 0.3) is 21.5 Å². The Bertz CT molecular complexity index is 1630. The molecule has 0 radical (unpaired) electrons. The molecule has 2 aromatic carbocycles. The number of carboxylic acids is 1. The van der Waals surface area contributed by atoms with Gasteiger partial charge >= 0.3 is 11.9 Å². The van der Waals surface area contributed by atoms with E-state index in [1.54, 1.807) is 18.2 Å². The Balaban J connectivity index is 1.40. The molecule has 1 N–H and O–H groups in total. The summed E-state index contributed by atoms with van der Waals surface area (Å²) in [6.07, 6.45) is 1.37. The highest BCUT2D eigenvalue weighted by Crippen LogP contribution is 2.41. The van der Waals surface area contributed by atoms with Crippen LogP contribution < -0.4 is 4.90 Å². The summed E-state index contributed by atoms with van der Waals surface area (Å²) in [5.74, 6) is -2.07. The molecule has 0 saturated carbocycles. The van der Waals surface area contributed by atoms with E-state index in [1.807, 2.05) is 27.7 Å². The quantitative estimate of drug-likeness (QED) is 0.216. The molecule has 1 saturated heterocycles. The van der Waals surface area contributed by atoms with Crippen molar-refractivity contribution >= 4 is 61.8 Å². The second-order valence-corrected chi connectivity index (χ2v) is 12.8. The number of nitrogens with zero attached hydrogens (tertiary/aromatic N) is 3. The molecule has 0 bridgehead atoms. The maximum atomic E-state index is 14.6. The zero-order valence-corrected chi connectivity index (χ0v) is 25.2. The lowest BCUT2D eigenvalue weighted by Gasteiger charge is -2.38. The van der Waals surface area contributed by atoms with E-state index in [2.05, 4.69) is 15.0 Å². The Morgan fingerprint density at radius 2 is 1.95 bits per heavy atom. The van der Waals surface area contributed by atoms with Gasteiger partial charge in [0.1, 0.15) is 22.9 Å². The highest BCUT2D eigenvalue weighted by Gasteiger charge is 2.37. The number of esters is 1. The van der Waals surface area contributed by atoms with E-state index in [0.717, 1.165) is 12.5 Å². The van der Waals surface area contributed by atoms with Gasteiger partial charge in [-0.05, 0) is 30.7 Å². The van der Waals surface area contributed by atoms with E-state index >= 15 is 0 Å². The molecule has 1 fully saturated rings. The van der Waals surface area contributed by atoms with Gasteiger partial charge in [-0.2, -0.15) is 0 Å². The zero-order chi connectivity index (χ0) is 29.6. The number of benzene rings is 2. The van der Waals surface area contributed by atoms with Crippen molar-refractivity contribution in [3.63, 3.8) is 0 Å². The Labute approximate surface area is 250 Å². The Hall–Kier alpha value is -3.21. The number of halogens is 3. The van der Waals surface area contributed by atoms with Crippen LogP contribution in [0.3, 0.4) is 0 Å². The Morgan fingerprint density at radius 1 is 1.24 bits per heavy atom. The minimum absolute atomic E-state index is 0.0360. The summed E-state index contributed by atoms with van der Waals surface area (Å²) in [6.45, 7) is 8.27. The Kier molecular flexibility index (Phi) is 8.02. The predicted octanol–water partition coefficient (Wildman–Crippen LogP) is 8.00. The number of rotatable bonds is 6. The van der Waals surface area contributed by atoms with Crippen molar-refractivity contribution in [2.24, 2.45) is 0 Å². The third kappa shape index (κ3) is 5.65. The van der Waals surface area contributed by atoms with Crippen molar-refractivity contribution in [3.8, 4) is 11.3 Å². The van der Waals surface area contributed by atoms with Crippen molar-refractivity contribution in [1.82, 2.24) is 10.1 Å². The van der Waals surface area contributed by atoms with E-state index in [-0.39, 0.29) is 28.4 Å². The maximum Gasteiger partial charge on any atom is 0.344 e. The summed E-state index contributed by atoms with van der Waals surface area (Å²) < 4.78 is 26.8. The molecule has 216 valence electrons. The van der Waals surface area contributed by atoms with Gasteiger partial charge in [-0.15, -0.1) is 0 Å². The number of anilines is 1. The molecule has 0 unspecified atom stereocenters. The molecule has 1 aliphatic rings. The highest BCUT2D eigenvalue weighted by atomic mass is 35.5. The molecule has 0 spiro atoms. The lowest BCUT2D eigenvalue weighted by atomic mass is 9.88. The van der Waals surface area contributed by atoms with Gasteiger partial charge in [0.05, 0.1) is 20.3 Å². The topological polar surface area (TPSA) is 106 Å². The van der Waals surface area contributed by atoms with Crippen molar-refractivity contribution < 1.29 is 28.3 Å². The number of fused-ring (bicyclic) bond motifs is 1. The summed E-state index contributed by atoms with van der Waals surface area (Å²) in [7, 11) is 0. The Morgan fingerprint density at radius 3 is 2.59 bits per heavy atom. The molecule has 0 aliphatic carbocycles. The molecule has 5 rings (SSSR count). The van der Waals surface area contributed by atoms with Crippen LogP contribution in [-0.4, -0.2) is 45.9 Å². The van der Waals surface area contributed by atoms with E-state index in [4.69, 9.17) is 32.5 Å². The number of piperidine rings is 1. The van der Waals surface area contributed by atoms with E-state index in [1.165, 1.54) is 17.4 Å². The molecular weight excluding hydrogens is 592 g/mol. The van der Waals surface area contributed by atoms with Crippen molar-refractivity contribution in [2.75, 3.05) is 11.4 Å². The summed E-state index contributed by atoms with van der Waals surface area (Å²) in [4.78, 5) is 31.6. The van der Waals surface area contributed by atoms with Gasteiger partial charge in [-0.3, -0.25) is 0 Å². The molecule has 4 aromatic rings. The standard InChI is InChI=1S/C29H28Cl2FN3O5S/c1-5-15-13-16(9-10-35(15)28-33-23-19(32)11-14(26(36)37)12-20(23)41-28)39-27(38)22-24(34-40-25(22)29(2,3)4)21-17(30)7-6-8-18(21)31/h6-8,11-12,15-16H,5,9-10,13H2,1-4H3,(H,36,37)/t15-,16-/m1/s1. The van der Waals surface area contributed by atoms with Crippen LogP contribution in [0.5, 0.6) is 0 Å². The van der Waals surface area contributed by atoms with E-state index in [9.17, 15) is 19.1 Å². The van der Waals surface area contributed by atoms with Gasteiger partial charge in [0, 0.05) is 36.4 Å². The second kappa shape index (κ2) is 11.2. The van der Waals surface area contributed by atoms with Gasteiger partial charge in [0.15, 0.2) is 16.7 Å². The number of aromatic nitrogens is 2. The fourth-order valence-corrected chi connectivity index (χ4v) is 6.77. The van der Waals surface area contributed by atoms with Gasteiger partial charge in [-0.1, -0.05) is 73.5 Å². The summed E-state index contributed by atoms with van der Waals surface area (Å²) in [5.41, 5.74) is 0.300. The fourth-order valence-electron chi connectivity index (χ4n) is 5.08. The first-order valence-electron chi connectivity index (χ1n) is 13.1. The minimum Gasteiger partial charge on any atom is -0.478 e. The molecule has 2 atom stereocenters. The van der Waals surface area contributed by atoms with Crippen molar-refractivity contribution in [2.45, 2.75) is 64.5 Å². The van der Waals surface area contributed by atoms with Crippen LogP contribution in [0.4, 0.5) is 9.52 Å². The lowest BCUT2D eigenvalue weighted by molar-refractivity contribution is 0.0204. The van der Waals surface area contributed by atoms with Crippen molar-refractivity contribution in [3.05, 3.63) is 63.1 Å². The number of hydrogen-bond donors (Lipinski definition) is 1. The molecule has 41 heavy (non-hydrogen) atoms. The van der Waals surface area contributed by atoms with Crippen LogP contribution in [0.15, 0.2) is 34.9 Å². The predicted molar refractivity (Wildman–Crippen MR) is 157 cm³/mol. The molecule has 1 aliphatic heterocycles. The van der Waals surface area contributed by atoms with Gasteiger partial charge < -0.3 is 19.3 Å². The molecule has 3 heterocycles. The zero-order valence-electron chi connectivity index (χ0n) is 22.8. The smallest absolute Gasteiger partial charge is 0.344 e. The second-order valence-electron chi connectivity index (χ2n) is 11.0. The monoisotopic (exact) mass is 619 g/mol. The van der Waals surface area contributed by atoms with E-state index < -0.39 is 29.3 Å². The van der Waals surface area contributed by atoms with Crippen LogP contribution in [-0.2, 0) is 10.2 Å². The number of carbonyl (C=O) groups is 2. The maximum absolute atomic E-state index is 14.6. The number of carboxylic acid groups (broad SMARTS) is 1.